The first-order chi connectivity index (χ1) is 19.0. The highest BCUT2D eigenvalue weighted by atomic mass is 16.4. The van der Waals surface area contributed by atoms with Crippen molar-refractivity contribution < 1.29 is 29.4 Å². The molecule has 4 unspecified atom stereocenters. The highest BCUT2D eigenvalue weighted by Crippen LogP contribution is 2.13. The Morgan fingerprint density at radius 3 is 2.08 bits per heavy atom. The minimum atomic E-state index is -1.19. The topological polar surface area (TPSA) is 226 Å². The minimum absolute atomic E-state index is 0.000936. The second kappa shape index (κ2) is 16.2. The maximum atomic E-state index is 13.5. The van der Waals surface area contributed by atoms with Gasteiger partial charge in [-0.05, 0) is 49.4 Å². The SMILES string of the molecule is CC(C)CC(NC(=O)C(Cc1cnc[nH]1)NC(=O)C(Cc1ccc(O)cc1)NC(=O)C(N)CCCCN)C(=O)O. The van der Waals surface area contributed by atoms with Crippen LogP contribution >= 0.6 is 0 Å². The summed E-state index contributed by atoms with van der Waals surface area (Å²) >= 11 is 0. The number of amides is 3. The average molecular weight is 560 g/mol. The summed E-state index contributed by atoms with van der Waals surface area (Å²) in [6.07, 6.45) is 4.91. The van der Waals surface area contributed by atoms with E-state index in [1.807, 2.05) is 13.8 Å². The molecular formula is C27H41N7O6. The van der Waals surface area contributed by atoms with Crippen LogP contribution in [0.25, 0.3) is 0 Å². The molecule has 4 atom stereocenters. The van der Waals surface area contributed by atoms with E-state index in [4.69, 9.17) is 11.5 Å². The summed E-state index contributed by atoms with van der Waals surface area (Å²) in [5.74, 6) is -3.03. The Kier molecular flexibility index (Phi) is 13.1. The van der Waals surface area contributed by atoms with Crippen molar-refractivity contribution in [3.05, 3.63) is 48.0 Å². The van der Waals surface area contributed by atoms with Gasteiger partial charge in [0.05, 0.1) is 12.4 Å². The Morgan fingerprint density at radius 2 is 1.52 bits per heavy atom. The molecule has 3 amide bonds. The van der Waals surface area contributed by atoms with Crippen molar-refractivity contribution in [2.24, 2.45) is 17.4 Å². The number of H-pyrrole nitrogens is 1. The van der Waals surface area contributed by atoms with Crippen molar-refractivity contribution in [3.8, 4) is 5.75 Å². The van der Waals surface area contributed by atoms with Gasteiger partial charge in [-0.15, -0.1) is 0 Å². The van der Waals surface area contributed by atoms with Crippen molar-refractivity contribution >= 4 is 23.7 Å². The van der Waals surface area contributed by atoms with E-state index in [0.717, 1.165) is 0 Å². The van der Waals surface area contributed by atoms with Gasteiger partial charge in [0, 0.05) is 24.7 Å². The fourth-order valence-corrected chi connectivity index (χ4v) is 4.06. The van der Waals surface area contributed by atoms with E-state index in [1.165, 1.54) is 24.7 Å². The lowest BCUT2D eigenvalue weighted by atomic mass is 10.0. The van der Waals surface area contributed by atoms with Crippen LogP contribution in [-0.2, 0) is 32.0 Å². The number of carboxylic acid groups (broad SMARTS) is 1. The first-order valence-corrected chi connectivity index (χ1v) is 13.3. The molecule has 13 nitrogen and oxygen atoms in total. The Hall–Kier alpha value is -3.97. The lowest BCUT2D eigenvalue weighted by molar-refractivity contribution is -0.142. The van der Waals surface area contributed by atoms with Gasteiger partial charge in [0.15, 0.2) is 0 Å². The Labute approximate surface area is 233 Å². The van der Waals surface area contributed by atoms with Gasteiger partial charge in [0.25, 0.3) is 0 Å². The molecule has 13 heteroatoms. The quantitative estimate of drug-likeness (QED) is 0.121. The summed E-state index contributed by atoms with van der Waals surface area (Å²) in [5, 5.41) is 27.1. The monoisotopic (exact) mass is 559 g/mol. The van der Waals surface area contributed by atoms with E-state index in [-0.39, 0.29) is 30.9 Å². The van der Waals surface area contributed by atoms with Crippen molar-refractivity contribution in [2.75, 3.05) is 6.54 Å². The lowest BCUT2D eigenvalue weighted by Gasteiger charge is -2.25. The number of nitrogens with one attached hydrogen (secondary N) is 4. The normalized spacial score (nSPS) is 14.1. The number of unbranched alkanes of at least 4 members (excludes halogenated alkanes) is 1. The minimum Gasteiger partial charge on any atom is -0.508 e. The van der Waals surface area contributed by atoms with Crippen LogP contribution in [0.3, 0.4) is 0 Å². The predicted octanol–water partition coefficient (Wildman–Crippen LogP) is -0.0581. The van der Waals surface area contributed by atoms with E-state index in [2.05, 4.69) is 25.9 Å². The van der Waals surface area contributed by atoms with Gasteiger partial charge in [-0.3, -0.25) is 14.4 Å². The molecule has 2 aromatic rings. The van der Waals surface area contributed by atoms with Gasteiger partial charge in [-0.25, -0.2) is 9.78 Å². The predicted molar refractivity (Wildman–Crippen MR) is 148 cm³/mol. The van der Waals surface area contributed by atoms with Crippen LogP contribution in [0.2, 0.25) is 0 Å². The molecule has 0 saturated carbocycles. The largest absolute Gasteiger partial charge is 0.508 e. The van der Waals surface area contributed by atoms with Crippen LogP contribution in [-0.4, -0.2) is 74.6 Å². The van der Waals surface area contributed by atoms with Gasteiger partial charge in [-0.2, -0.15) is 0 Å². The Morgan fingerprint density at radius 1 is 0.925 bits per heavy atom. The summed E-state index contributed by atoms with van der Waals surface area (Å²) in [4.78, 5) is 58.2. The molecule has 2 rings (SSSR count). The molecule has 1 heterocycles. The summed E-state index contributed by atoms with van der Waals surface area (Å²) in [6, 6.07) is 1.85. The number of aliphatic carboxylic acids is 1. The smallest absolute Gasteiger partial charge is 0.326 e. The van der Waals surface area contributed by atoms with Crippen LogP contribution < -0.4 is 27.4 Å². The molecule has 0 saturated heterocycles. The molecule has 0 aliphatic rings. The van der Waals surface area contributed by atoms with E-state index >= 15 is 0 Å². The highest BCUT2D eigenvalue weighted by molar-refractivity contribution is 5.94. The molecule has 1 aromatic heterocycles. The zero-order valence-electron chi connectivity index (χ0n) is 22.9. The van der Waals surface area contributed by atoms with E-state index < -0.39 is 47.9 Å². The van der Waals surface area contributed by atoms with Crippen molar-refractivity contribution in [1.29, 1.82) is 0 Å². The number of aromatic nitrogens is 2. The Balaban J connectivity index is 2.26. The van der Waals surface area contributed by atoms with E-state index in [9.17, 15) is 29.4 Å². The number of carbonyl (C=O) groups excluding carboxylic acids is 3. The van der Waals surface area contributed by atoms with E-state index in [0.29, 0.717) is 37.1 Å². The number of benzene rings is 1. The zero-order valence-corrected chi connectivity index (χ0v) is 22.9. The van der Waals surface area contributed by atoms with Crippen LogP contribution in [0.15, 0.2) is 36.8 Å². The number of rotatable bonds is 17. The summed E-state index contributed by atoms with van der Waals surface area (Å²) in [6.45, 7) is 4.15. The molecule has 0 fully saturated rings. The lowest BCUT2D eigenvalue weighted by Crippen LogP contribution is -2.58. The average Bonchev–Trinajstić information content (AvgIpc) is 3.41. The summed E-state index contributed by atoms with van der Waals surface area (Å²) in [5.41, 5.74) is 12.7. The van der Waals surface area contributed by atoms with Gasteiger partial charge in [0.1, 0.15) is 23.9 Å². The third-order valence-electron chi connectivity index (χ3n) is 6.25. The molecule has 0 radical (unpaired) electrons. The molecule has 0 spiro atoms. The number of phenolic OH excluding ortho intramolecular Hbond substituents is 1. The van der Waals surface area contributed by atoms with Crippen LogP contribution in [0, 0.1) is 5.92 Å². The third kappa shape index (κ3) is 11.0. The maximum absolute atomic E-state index is 13.5. The molecule has 40 heavy (non-hydrogen) atoms. The molecule has 0 aliphatic carbocycles. The first kappa shape index (κ1) is 32.2. The van der Waals surface area contributed by atoms with Crippen molar-refractivity contribution in [3.63, 3.8) is 0 Å². The zero-order chi connectivity index (χ0) is 29.7. The molecule has 0 bridgehead atoms. The van der Waals surface area contributed by atoms with Crippen molar-refractivity contribution in [1.82, 2.24) is 25.9 Å². The fraction of sp³-hybridized carbons (Fsp3) is 0.519. The van der Waals surface area contributed by atoms with Gasteiger partial charge < -0.3 is 42.6 Å². The van der Waals surface area contributed by atoms with Crippen LogP contribution in [0.5, 0.6) is 5.75 Å². The van der Waals surface area contributed by atoms with Crippen LogP contribution in [0.4, 0.5) is 0 Å². The summed E-state index contributed by atoms with van der Waals surface area (Å²) < 4.78 is 0. The second-order valence-electron chi connectivity index (χ2n) is 10.2. The van der Waals surface area contributed by atoms with Gasteiger partial charge >= 0.3 is 5.97 Å². The molecule has 10 N–H and O–H groups in total. The number of aromatic amines is 1. The third-order valence-corrected chi connectivity index (χ3v) is 6.25. The van der Waals surface area contributed by atoms with Gasteiger partial charge in [0.2, 0.25) is 17.7 Å². The second-order valence-corrected chi connectivity index (χ2v) is 10.2. The molecule has 1 aromatic carbocycles. The van der Waals surface area contributed by atoms with Gasteiger partial charge in [-0.1, -0.05) is 32.4 Å². The summed E-state index contributed by atoms with van der Waals surface area (Å²) in [7, 11) is 0. The number of nitrogens with zero attached hydrogens (tertiary/aromatic N) is 1. The number of aromatic hydroxyl groups is 1. The fourth-order valence-electron chi connectivity index (χ4n) is 4.06. The first-order valence-electron chi connectivity index (χ1n) is 13.3. The molecule has 0 aliphatic heterocycles. The number of hydrogen-bond acceptors (Lipinski definition) is 8. The number of imidazole rings is 1. The highest BCUT2D eigenvalue weighted by Gasteiger charge is 2.31. The standard InChI is InChI=1S/C27H41N7O6/c1-16(2)11-23(27(39)40)34-26(38)22(13-18-14-30-15-31-18)33-25(37)21(12-17-6-8-19(35)9-7-17)32-24(36)20(29)5-3-4-10-28/h6-9,14-16,20-23,35H,3-5,10-13,28-29H2,1-2H3,(H,30,31)(H,32,36)(H,33,37)(H,34,38)(H,39,40). The number of phenols is 1. The molecular weight excluding hydrogens is 518 g/mol. The number of carbonyl (C=O) groups is 4. The maximum Gasteiger partial charge on any atom is 0.326 e. The Bertz CT molecular complexity index is 1090. The number of carboxylic acids is 1. The van der Waals surface area contributed by atoms with E-state index in [1.54, 1.807) is 12.1 Å². The molecule has 220 valence electrons. The number of nitrogens with two attached hydrogens (primary N) is 2. The van der Waals surface area contributed by atoms with Crippen LogP contribution in [0.1, 0.15) is 50.8 Å². The number of hydrogen-bond donors (Lipinski definition) is 8. The van der Waals surface area contributed by atoms with Crippen molar-refractivity contribution in [2.45, 2.75) is 76.5 Å².